The number of ether oxygens (including phenoxy) is 2. The fraction of sp³-hybridized carbons (Fsp3) is 0.526. The van der Waals surface area contributed by atoms with E-state index < -0.39 is 23.7 Å². The molecule has 0 radical (unpaired) electrons. The normalized spacial score (nSPS) is 13.5. The van der Waals surface area contributed by atoms with Crippen LogP contribution >= 0.6 is 0 Å². The van der Waals surface area contributed by atoms with Gasteiger partial charge in [-0.05, 0) is 26.7 Å². The summed E-state index contributed by atoms with van der Waals surface area (Å²) in [4.78, 5) is 36.3. The number of alkyl carbamates (subject to hydrolysis) is 1. The van der Waals surface area contributed by atoms with Gasteiger partial charge in [0.25, 0.3) is 0 Å². The summed E-state index contributed by atoms with van der Waals surface area (Å²) in [5, 5.41) is 2.54. The quantitative estimate of drug-likeness (QED) is 0.603. The number of esters is 1. The van der Waals surface area contributed by atoms with Gasteiger partial charge in [-0.15, -0.1) is 0 Å². The maximum Gasteiger partial charge on any atom is 0.408 e. The van der Waals surface area contributed by atoms with Crippen molar-refractivity contribution in [1.82, 2.24) is 5.32 Å². The summed E-state index contributed by atoms with van der Waals surface area (Å²) in [6.07, 6.45) is -0.0357. The van der Waals surface area contributed by atoms with Crippen LogP contribution in [0.15, 0.2) is 30.3 Å². The molecular formula is C19H27NO5. The molecule has 1 aromatic carbocycles. The van der Waals surface area contributed by atoms with Crippen LogP contribution in [0.3, 0.4) is 0 Å². The zero-order valence-electron chi connectivity index (χ0n) is 15.5. The Balaban J connectivity index is 2.67. The van der Waals surface area contributed by atoms with Crippen LogP contribution in [0.4, 0.5) is 4.79 Å². The van der Waals surface area contributed by atoms with E-state index in [1.807, 2.05) is 13.8 Å². The van der Waals surface area contributed by atoms with Crippen molar-refractivity contribution >= 4 is 17.8 Å². The van der Waals surface area contributed by atoms with Crippen molar-refractivity contribution in [3.05, 3.63) is 35.9 Å². The molecule has 0 heterocycles. The Morgan fingerprint density at radius 1 is 1.12 bits per heavy atom. The lowest BCUT2D eigenvalue weighted by molar-refractivity contribution is -0.146. The summed E-state index contributed by atoms with van der Waals surface area (Å²) in [5.74, 6) is -1.11. The Kier molecular flexibility index (Phi) is 7.61. The highest BCUT2D eigenvalue weighted by molar-refractivity contribution is 5.98. The SMILES string of the molecule is CC[C@H](C)[C@H](NC(=O)OC(C)(C)C)C(=O)OCC(=O)c1ccccc1. The van der Waals surface area contributed by atoms with E-state index in [1.165, 1.54) is 0 Å². The minimum atomic E-state index is -0.872. The molecule has 0 aliphatic carbocycles. The predicted octanol–water partition coefficient (Wildman–Crippen LogP) is 3.35. The number of ketones is 1. The second-order valence-electron chi connectivity index (χ2n) is 6.91. The van der Waals surface area contributed by atoms with Gasteiger partial charge in [-0.25, -0.2) is 9.59 Å². The molecule has 6 nitrogen and oxygen atoms in total. The summed E-state index contributed by atoms with van der Waals surface area (Å²) >= 11 is 0. The van der Waals surface area contributed by atoms with E-state index in [9.17, 15) is 14.4 Å². The van der Waals surface area contributed by atoms with Crippen molar-refractivity contribution < 1.29 is 23.9 Å². The molecule has 0 unspecified atom stereocenters. The molecule has 0 aromatic heterocycles. The van der Waals surface area contributed by atoms with E-state index in [1.54, 1.807) is 51.1 Å². The summed E-state index contributed by atoms with van der Waals surface area (Å²) < 4.78 is 10.3. The first-order valence-electron chi connectivity index (χ1n) is 8.38. The highest BCUT2D eigenvalue weighted by atomic mass is 16.6. The monoisotopic (exact) mass is 349 g/mol. The van der Waals surface area contributed by atoms with Crippen molar-refractivity contribution in [2.75, 3.05) is 6.61 Å². The summed E-state index contributed by atoms with van der Waals surface area (Å²) in [6.45, 7) is 8.57. The Morgan fingerprint density at radius 2 is 1.72 bits per heavy atom. The zero-order valence-corrected chi connectivity index (χ0v) is 15.5. The van der Waals surface area contributed by atoms with E-state index in [0.717, 1.165) is 0 Å². The van der Waals surface area contributed by atoms with Crippen LogP contribution in [0.2, 0.25) is 0 Å². The van der Waals surface area contributed by atoms with Gasteiger partial charge >= 0.3 is 12.1 Å². The van der Waals surface area contributed by atoms with Crippen molar-refractivity contribution in [1.29, 1.82) is 0 Å². The van der Waals surface area contributed by atoms with Gasteiger partial charge in [0.15, 0.2) is 12.4 Å². The molecule has 0 spiro atoms. The molecule has 0 fully saturated rings. The van der Waals surface area contributed by atoms with E-state index in [0.29, 0.717) is 12.0 Å². The Morgan fingerprint density at radius 3 is 2.24 bits per heavy atom. The Bertz CT molecular complexity index is 592. The lowest BCUT2D eigenvalue weighted by atomic mass is 9.99. The zero-order chi connectivity index (χ0) is 19.0. The second-order valence-corrected chi connectivity index (χ2v) is 6.91. The second kappa shape index (κ2) is 9.20. The molecule has 6 heteroatoms. The molecule has 25 heavy (non-hydrogen) atoms. The molecule has 1 amide bonds. The van der Waals surface area contributed by atoms with E-state index >= 15 is 0 Å². The first kappa shape index (κ1) is 20.7. The van der Waals surface area contributed by atoms with Crippen LogP contribution in [0, 0.1) is 5.92 Å². The minimum Gasteiger partial charge on any atom is -0.456 e. The van der Waals surface area contributed by atoms with E-state index in [-0.39, 0.29) is 18.3 Å². The Hall–Kier alpha value is -2.37. The molecule has 1 N–H and O–H groups in total. The maximum absolute atomic E-state index is 12.3. The summed E-state index contributed by atoms with van der Waals surface area (Å²) in [5.41, 5.74) is -0.201. The van der Waals surface area contributed by atoms with Crippen molar-refractivity contribution in [3.63, 3.8) is 0 Å². The van der Waals surface area contributed by atoms with Crippen molar-refractivity contribution in [2.24, 2.45) is 5.92 Å². The van der Waals surface area contributed by atoms with Gasteiger partial charge in [0.2, 0.25) is 0 Å². The lowest BCUT2D eigenvalue weighted by Crippen LogP contribution is -2.48. The highest BCUT2D eigenvalue weighted by Gasteiger charge is 2.30. The van der Waals surface area contributed by atoms with Gasteiger partial charge in [0.05, 0.1) is 0 Å². The molecule has 0 saturated carbocycles. The highest BCUT2D eigenvalue weighted by Crippen LogP contribution is 2.12. The topological polar surface area (TPSA) is 81.7 Å². The average molecular weight is 349 g/mol. The predicted molar refractivity (Wildman–Crippen MR) is 94.3 cm³/mol. The standard InChI is InChI=1S/C19H27NO5/c1-6-13(2)16(20-18(23)25-19(3,4)5)17(22)24-12-15(21)14-10-8-7-9-11-14/h7-11,13,16H,6,12H2,1-5H3,(H,20,23)/t13-,16-/m0/s1. The molecule has 0 aliphatic rings. The van der Waals surface area contributed by atoms with E-state index in [4.69, 9.17) is 9.47 Å². The fourth-order valence-electron chi connectivity index (χ4n) is 2.04. The number of carbonyl (C=O) groups excluding carboxylic acids is 3. The summed E-state index contributed by atoms with van der Waals surface area (Å²) in [6, 6.07) is 7.71. The average Bonchev–Trinajstić information content (AvgIpc) is 2.55. The van der Waals surface area contributed by atoms with Gasteiger partial charge in [-0.3, -0.25) is 4.79 Å². The number of hydrogen-bond donors (Lipinski definition) is 1. The number of rotatable bonds is 7. The molecule has 2 atom stereocenters. The van der Waals surface area contributed by atoms with E-state index in [2.05, 4.69) is 5.32 Å². The number of nitrogens with one attached hydrogen (secondary N) is 1. The van der Waals surface area contributed by atoms with Crippen LogP contribution in [0.5, 0.6) is 0 Å². The van der Waals surface area contributed by atoms with Gasteiger partial charge in [-0.2, -0.15) is 0 Å². The third-order valence-corrected chi connectivity index (χ3v) is 3.58. The third-order valence-electron chi connectivity index (χ3n) is 3.58. The maximum atomic E-state index is 12.3. The number of hydrogen-bond acceptors (Lipinski definition) is 5. The Labute approximate surface area is 148 Å². The molecule has 0 saturated heterocycles. The number of Topliss-reactive ketones (excluding diaryl/α,β-unsaturated/α-hetero) is 1. The largest absolute Gasteiger partial charge is 0.456 e. The van der Waals surface area contributed by atoms with Crippen LogP contribution in [0.25, 0.3) is 0 Å². The molecule has 0 bridgehead atoms. The van der Waals surface area contributed by atoms with Crippen LogP contribution < -0.4 is 5.32 Å². The van der Waals surface area contributed by atoms with Gasteiger partial charge < -0.3 is 14.8 Å². The van der Waals surface area contributed by atoms with Gasteiger partial charge in [-0.1, -0.05) is 50.6 Å². The first-order chi connectivity index (χ1) is 11.6. The lowest BCUT2D eigenvalue weighted by Gasteiger charge is -2.25. The van der Waals surface area contributed by atoms with Gasteiger partial charge in [0, 0.05) is 5.56 Å². The van der Waals surface area contributed by atoms with Crippen LogP contribution in [-0.2, 0) is 14.3 Å². The number of carbonyl (C=O) groups is 3. The number of benzene rings is 1. The smallest absolute Gasteiger partial charge is 0.408 e. The molecule has 138 valence electrons. The molecular weight excluding hydrogens is 322 g/mol. The first-order valence-corrected chi connectivity index (χ1v) is 8.38. The fourth-order valence-corrected chi connectivity index (χ4v) is 2.04. The molecule has 0 aliphatic heterocycles. The third kappa shape index (κ3) is 7.37. The van der Waals surface area contributed by atoms with Crippen LogP contribution in [-0.4, -0.2) is 36.1 Å². The van der Waals surface area contributed by atoms with Crippen molar-refractivity contribution in [3.8, 4) is 0 Å². The molecule has 1 aromatic rings. The van der Waals surface area contributed by atoms with Gasteiger partial charge in [0.1, 0.15) is 11.6 Å². The number of amides is 1. The van der Waals surface area contributed by atoms with Crippen LogP contribution in [0.1, 0.15) is 51.4 Å². The molecule has 1 rings (SSSR count). The minimum absolute atomic E-state index is 0.160. The van der Waals surface area contributed by atoms with Crippen molar-refractivity contribution in [2.45, 2.75) is 52.7 Å². The summed E-state index contributed by atoms with van der Waals surface area (Å²) in [7, 11) is 0.